The quantitative estimate of drug-likeness (QED) is 0.465. The summed E-state index contributed by atoms with van der Waals surface area (Å²) in [6, 6.07) is 10.3. The summed E-state index contributed by atoms with van der Waals surface area (Å²) in [7, 11) is -3.88. The van der Waals surface area contributed by atoms with E-state index in [2.05, 4.69) is 4.98 Å². The fraction of sp³-hybridized carbons (Fsp3) is 0.154. The predicted octanol–water partition coefficient (Wildman–Crippen LogP) is 2.68. The van der Waals surface area contributed by atoms with Gasteiger partial charge in [-0.15, -0.1) is 0 Å². The van der Waals surface area contributed by atoms with Gasteiger partial charge in [0, 0.05) is 6.20 Å². The van der Waals surface area contributed by atoms with Crippen LogP contribution in [0.4, 0.5) is 0 Å². The first-order valence-corrected chi connectivity index (χ1v) is 8.35. The minimum atomic E-state index is -3.88. The molecular formula is C13H12Cl2N2O4S. The third-order valence-corrected chi connectivity index (χ3v) is 4.31. The van der Waals surface area contributed by atoms with Crippen molar-refractivity contribution < 1.29 is 18.0 Å². The van der Waals surface area contributed by atoms with Crippen LogP contribution in [0, 0.1) is 0 Å². The summed E-state index contributed by atoms with van der Waals surface area (Å²) in [6.45, 7) is 0.217. The molecule has 1 aromatic carbocycles. The lowest BCUT2D eigenvalue weighted by Crippen LogP contribution is -2.26. The number of benzene rings is 1. The number of rotatable bonds is 7. The van der Waals surface area contributed by atoms with Crippen molar-refractivity contribution in [3.05, 3.63) is 52.8 Å². The zero-order valence-electron chi connectivity index (χ0n) is 11.2. The average molecular weight is 363 g/mol. The molecule has 2 rings (SSSR count). The zero-order valence-corrected chi connectivity index (χ0v) is 13.5. The van der Waals surface area contributed by atoms with Crippen LogP contribution in [0.3, 0.4) is 0 Å². The van der Waals surface area contributed by atoms with Gasteiger partial charge >= 0.3 is 0 Å². The number of ether oxygens (including phenoxy) is 1. The number of halogens is 2. The molecule has 0 radical (unpaired) electrons. The molecule has 1 aromatic heterocycles. The van der Waals surface area contributed by atoms with Gasteiger partial charge in [0.2, 0.25) is 0 Å². The van der Waals surface area contributed by atoms with Crippen LogP contribution < -0.4 is 9.62 Å². The summed E-state index contributed by atoms with van der Waals surface area (Å²) in [5.74, 6) is 0.669. The molecule has 0 unspecified atom stereocenters. The van der Waals surface area contributed by atoms with Crippen molar-refractivity contribution in [3.8, 4) is 5.75 Å². The Labute approximate surface area is 138 Å². The molecule has 0 aliphatic heterocycles. The zero-order chi connectivity index (χ0) is 16.0. The normalized spacial score (nSPS) is 11.4. The number of hydrogen-bond donors (Lipinski definition) is 1. The van der Waals surface area contributed by atoms with Gasteiger partial charge in [-0.1, -0.05) is 46.3 Å². The lowest BCUT2D eigenvalue weighted by Gasteiger charge is -2.08. The van der Waals surface area contributed by atoms with Gasteiger partial charge in [-0.25, -0.2) is 13.4 Å². The van der Waals surface area contributed by atoms with Crippen LogP contribution in [0.1, 0.15) is 0 Å². The largest absolute Gasteiger partial charge is 0.491 e. The van der Waals surface area contributed by atoms with Crippen LogP contribution in [0.5, 0.6) is 5.75 Å². The first kappa shape index (κ1) is 17.0. The van der Waals surface area contributed by atoms with E-state index in [9.17, 15) is 8.42 Å². The maximum absolute atomic E-state index is 11.9. The molecule has 0 saturated carbocycles. The van der Waals surface area contributed by atoms with E-state index in [0.717, 1.165) is 6.20 Å². The standard InChI is InChI=1S/C13H12Cl2N2O4S/c14-12-8-11(9-16-13(12)15)22(18,19)17-21-7-6-20-10-4-2-1-3-5-10/h1-5,8-9,17H,6-7H2. The van der Waals surface area contributed by atoms with E-state index in [0.29, 0.717) is 5.75 Å². The van der Waals surface area contributed by atoms with Crippen LogP contribution >= 0.6 is 23.2 Å². The minimum absolute atomic E-state index is 0.0257. The van der Waals surface area contributed by atoms with Crippen LogP contribution in [0.25, 0.3) is 0 Å². The van der Waals surface area contributed by atoms with Crippen molar-refractivity contribution in [1.82, 2.24) is 9.87 Å². The van der Waals surface area contributed by atoms with Crippen molar-refractivity contribution in [1.29, 1.82) is 0 Å². The first-order chi connectivity index (χ1) is 10.5. The molecule has 1 heterocycles. The van der Waals surface area contributed by atoms with E-state index in [1.807, 2.05) is 23.1 Å². The summed E-state index contributed by atoms with van der Waals surface area (Å²) in [5.41, 5.74) is 0. The number of para-hydroxylation sites is 1. The number of nitrogens with zero attached hydrogens (tertiary/aromatic N) is 1. The molecule has 9 heteroatoms. The minimum Gasteiger partial charge on any atom is -0.491 e. The van der Waals surface area contributed by atoms with E-state index in [1.165, 1.54) is 6.07 Å². The van der Waals surface area contributed by atoms with Gasteiger partial charge in [0.15, 0.2) is 0 Å². The highest BCUT2D eigenvalue weighted by atomic mass is 35.5. The van der Waals surface area contributed by atoms with Crippen LogP contribution in [0.15, 0.2) is 47.5 Å². The molecule has 0 amide bonds. The van der Waals surface area contributed by atoms with Gasteiger partial charge in [0.1, 0.15) is 29.0 Å². The van der Waals surface area contributed by atoms with Gasteiger partial charge in [0.05, 0.1) is 5.02 Å². The number of hydrogen-bond acceptors (Lipinski definition) is 5. The molecule has 1 N–H and O–H groups in total. The first-order valence-electron chi connectivity index (χ1n) is 6.11. The summed E-state index contributed by atoms with van der Waals surface area (Å²) in [5, 5.41) is 0.0646. The Morgan fingerprint density at radius 2 is 1.86 bits per heavy atom. The average Bonchev–Trinajstić information content (AvgIpc) is 2.50. The fourth-order valence-electron chi connectivity index (χ4n) is 1.44. The summed E-state index contributed by atoms with van der Waals surface area (Å²) >= 11 is 11.4. The molecule has 2 aromatic rings. The molecule has 0 aliphatic carbocycles. The van der Waals surface area contributed by atoms with Crippen molar-refractivity contribution in [2.75, 3.05) is 13.2 Å². The molecule has 6 nitrogen and oxygen atoms in total. The van der Waals surface area contributed by atoms with E-state index < -0.39 is 10.0 Å². The smallest absolute Gasteiger partial charge is 0.264 e. The molecule has 0 atom stereocenters. The highest BCUT2D eigenvalue weighted by Gasteiger charge is 2.16. The third-order valence-electron chi connectivity index (χ3n) is 2.45. The van der Waals surface area contributed by atoms with Gasteiger partial charge in [-0.3, -0.25) is 4.84 Å². The lowest BCUT2D eigenvalue weighted by molar-refractivity contribution is 0.0665. The Balaban J connectivity index is 1.81. The molecule has 0 aliphatic rings. The monoisotopic (exact) mass is 362 g/mol. The van der Waals surface area contributed by atoms with Crippen LogP contribution in [-0.4, -0.2) is 26.6 Å². The number of aromatic nitrogens is 1. The Morgan fingerprint density at radius 3 is 2.55 bits per heavy atom. The van der Waals surface area contributed by atoms with Gasteiger partial charge < -0.3 is 4.74 Å². The molecule has 22 heavy (non-hydrogen) atoms. The number of nitrogens with one attached hydrogen (secondary N) is 1. The highest BCUT2D eigenvalue weighted by Crippen LogP contribution is 2.21. The van der Waals surface area contributed by atoms with E-state index >= 15 is 0 Å². The molecule has 118 valence electrons. The molecule has 0 fully saturated rings. The Kier molecular flexibility index (Phi) is 5.98. The fourth-order valence-corrected chi connectivity index (χ4v) is 2.57. The predicted molar refractivity (Wildman–Crippen MR) is 82.5 cm³/mol. The van der Waals surface area contributed by atoms with Gasteiger partial charge in [-0.2, -0.15) is 0 Å². The highest BCUT2D eigenvalue weighted by molar-refractivity contribution is 7.89. The molecular weight excluding hydrogens is 351 g/mol. The van der Waals surface area contributed by atoms with Gasteiger partial charge in [0.25, 0.3) is 10.0 Å². The maximum atomic E-state index is 11.9. The SMILES string of the molecule is O=S(=O)(NOCCOc1ccccc1)c1cnc(Cl)c(Cl)c1. The molecule has 0 bridgehead atoms. The van der Waals surface area contributed by atoms with E-state index in [1.54, 1.807) is 12.1 Å². The Morgan fingerprint density at radius 1 is 1.14 bits per heavy atom. The summed E-state index contributed by atoms with van der Waals surface area (Å²) < 4.78 is 29.2. The molecule has 0 saturated heterocycles. The van der Waals surface area contributed by atoms with Crippen molar-refractivity contribution in [2.45, 2.75) is 4.90 Å². The summed E-state index contributed by atoms with van der Waals surface area (Å²) in [4.78, 5) is 10.4. The van der Waals surface area contributed by atoms with Crippen molar-refractivity contribution in [3.63, 3.8) is 0 Å². The van der Waals surface area contributed by atoms with Crippen LogP contribution in [-0.2, 0) is 14.9 Å². The van der Waals surface area contributed by atoms with Crippen molar-refractivity contribution in [2.24, 2.45) is 0 Å². The topological polar surface area (TPSA) is 77.5 Å². The second-order valence-corrected chi connectivity index (χ2v) is 6.45. The summed E-state index contributed by atoms with van der Waals surface area (Å²) in [6.07, 6.45) is 1.08. The lowest BCUT2D eigenvalue weighted by atomic mass is 10.3. The van der Waals surface area contributed by atoms with E-state index in [-0.39, 0.29) is 28.3 Å². The van der Waals surface area contributed by atoms with Crippen LogP contribution in [0.2, 0.25) is 10.2 Å². The maximum Gasteiger partial charge on any atom is 0.264 e. The van der Waals surface area contributed by atoms with Crippen molar-refractivity contribution >= 4 is 33.2 Å². The Bertz CT molecular complexity index is 726. The Hall–Kier alpha value is -1.38. The second-order valence-electron chi connectivity index (χ2n) is 4.04. The number of pyridine rings is 1. The number of sulfonamides is 1. The van der Waals surface area contributed by atoms with Gasteiger partial charge in [-0.05, 0) is 18.2 Å². The third kappa shape index (κ3) is 4.82. The molecule has 0 spiro atoms. The second kappa shape index (κ2) is 7.75. The van der Waals surface area contributed by atoms with E-state index in [4.69, 9.17) is 32.8 Å².